The first-order valence-corrected chi connectivity index (χ1v) is 4.54. The van der Waals surface area contributed by atoms with E-state index < -0.39 is 0 Å². The van der Waals surface area contributed by atoms with E-state index in [4.69, 9.17) is 0 Å². The largest absolute Gasteiger partial charge is 0.282 e. The molecule has 0 bridgehead atoms. The van der Waals surface area contributed by atoms with Gasteiger partial charge in [0.25, 0.3) is 0 Å². The monoisotopic (exact) mass is 169 g/mol. The molecule has 3 heteroatoms. The van der Waals surface area contributed by atoms with Gasteiger partial charge >= 0.3 is 0 Å². The zero-order valence-electron chi connectivity index (χ0n) is 7.67. The Morgan fingerprint density at radius 1 is 1.42 bits per heavy atom. The van der Waals surface area contributed by atoms with Gasteiger partial charge in [0.15, 0.2) is 0 Å². The van der Waals surface area contributed by atoms with Crippen molar-refractivity contribution < 1.29 is 9.59 Å². The summed E-state index contributed by atoms with van der Waals surface area (Å²) < 4.78 is 0. The van der Waals surface area contributed by atoms with E-state index in [0.29, 0.717) is 13.0 Å². The molecule has 0 N–H and O–H groups in total. The average molecular weight is 169 g/mol. The number of amides is 2. The molecule has 1 aliphatic heterocycles. The van der Waals surface area contributed by atoms with Gasteiger partial charge < -0.3 is 0 Å². The third-order valence-electron chi connectivity index (χ3n) is 2.28. The van der Waals surface area contributed by atoms with Crippen molar-refractivity contribution in [1.29, 1.82) is 0 Å². The summed E-state index contributed by atoms with van der Waals surface area (Å²) in [6.45, 7) is 4.51. The number of hydrogen-bond donors (Lipinski definition) is 0. The van der Waals surface area contributed by atoms with Crippen LogP contribution in [0.5, 0.6) is 0 Å². The zero-order chi connectivity index (χ0) is 9.14. The first-order chi connectivity index (χ1) is 5.70. The summed E-state index contributed by atoms with van der Waals surface area (Å²) in [4.78, 5) is 24.1. The van der Waals surface area contributed by atoms with Crippen LogP contribution in [-0.2, 0) is 9.59 Å². The van der Waals surface area contributed by atoms with Gasteiger partial charge in [-0.3, -0.25) is 14.5 Å². The number of carbonyl (C=O) groups excluding carboxylic acids is 2. The van der Waals surface area contributed by atoms with Crippen molar-refractivity contribution in [1.82, 2.24) is 4.90 Å². The third kappa shape index (κ3) is 1.49. The fraction of sp³-hybridized carbons (Fsp3) is 0.778. The quantitative estimate of drug-likeness (QED) is 0.595. The summed E-state index contributed by atoms with van der Waals surface area (Å²) in [5.41, 5.74) is 0. The number of rotatable bonds is 3. The molecule has 0 aliphatic carbocycles. The van der Waals surface area contributed by atoms with Crippen LogP contribution in [-0.4, -0.2) is 23.3 Å². The van der Waals surface area contributed by atoms with Gasteiger partial charge in [-0.1, -0.05) is 13.8 Å². The predicted molar refractivity (Wildman–Crippen MR) is 45.4 cm³/mol. The Kier molecular flexibility index (Phi) is 2.84. The Balaban J connectivity index is 2.64. The molecule has 12 heavy (non-hydrogen) atoms. The van der Waals surface area contributed by atoms with E-state index in [-0.39, 0.29) is 17.7 Å². The number of likely N-dealkylation sites (tertiary alicyclic amines) is 1. The van der Waals surface area contributed by atoms with Gasteiger partial charge in [-0.2, -0.15) is 0 Å². The molecule has 1 aliphatic rings. The predicted octanol–water partition coefficient (Wildman–Crippen LogP) is 1.18. The van der Waals surface area contributed by atoms with Crippen LogP contribution in [0.2, 0.25) is 0 Å². The summed E-state index contributed by atoms with van der Waals surface area (Å²) in [6, 6.07) is 0. The first-order valence-electron chi connectivity index (χ1n) is 4.54. The van der Waals surface area contributed by atoms with Crippen LogP contribution in [0.3, 0.4) is 0 Å². The molecule has 2 amide bonds. The number of hydrogen-bond acceptors (Lipinski definition) is 2. The average Bonchev–Trinajstić information content (AvgIpc) is 2.32. The molecule has 1 saturated heterocycles. The van der Waals surface area contributed by atoms with Crippen molar-refractivity contribution in [3.63, 3.8) is 0 Å². The fourth-order valence-electron chi connectivity index (χ4n) is 1.53. The lowest BCUT2D eigenvalue weighted by molar-refractivity contribution is -0.139. The lowest BCUT2D eigenvalue weighted by Gasteiger charge is -2.12. The lowest BCUT2D eigenvalue weighted by Crippen LogP contribution is -2.31. The van der Waals surface area contributed by atoms with E-state index in [0.717, 1.165) is 12.8 Å². The topological polar surface area (TPSA) is 37.4 Å². The number of nitrogens with zero attached hydrogens (tertiary/aromatic N) is 1. The maximum absolute atomic E-state index is 11.4. The number of imide groups is 1. The summed E-state index contributed by atoms with van der Waals surface area (Å²) in [6.07, 6.45) is 2.06. The minimum atomic E-state index is -0.0379. The second kappa shape index (κ2) is 3.70. The van der Waals surface area contributed by atoms with Gasteiger partial charge in [0.2, 0.25) is 11.8 Å². The molecule has 1 unspecified atom stereocenters. The Labute approximate surface area is 72.7 Å². The van der Waals surface area contributed by atoms with Gasteiger partial charge in [-0.25, -0.2) is 0 Å². The van der Waals surface area contributed by atoms with Gasteiger partial charge in [0, 0.05) is 18.9 Å². The third-order valence-corrected chi connectivity index (χ3v) is 2.28. The van der Waals surface area contributed by atoms with Crippen molar-refractivity contribution >= 4 is 11.8 Å². The molecule has 0 aromatic carbocycles. The lowest BCUT2D eigenvalue weighted by atomic mass is 10.1. The van der Waals surface area contributed by atoms with E-state index in [2.05, 4.69) is 0 Å². The number of carbonyl (C=O) groups is 2. The van der Waals surface area contributed by atoms with Crippen molar-refractivity contribution in [3.05, 3.63) is 0 Å². The van der Waals surface area contributed by atoms with Crippen LogP contribution in [0.4, 0.5) is 0 Å². The minimum Gasteiger partial charge on any atom is -0.282 e. The van der Waals surface area contributed by atoms with Gasteiger partial charge in [-0.15, -0.1) is 0 Å². The second-order valence-corrected chi connectivity index (χ2v) is 3.19. The molecule has 68 valence electrons. The molecule has 1 fully saturated rings. The van der Waals surface area contributed by atoms with Crippen molar-refractivity contribution in [2.24, 2.45) is 5.92 Å². The molecule has 0 aromatic rings. The molecule has 1 heterocycles. The van der Waals surface area contributed by atoms with Crippen LogP contribution in [0, 0.1) is 5.92 Å². The molecular weight excluding hydrogens is 154 g/mol. The fourth-order valence-corrected chi connectivity index (χ4v) is 1.53. The molecule has 0 saturated carbocycles. The highest BCUT2D eigenvalue weighted by Crippen LogP contribution is 2.21. The van der Waals surface area contributed by atoms with Crippen LogP contribution >= 0.6 is 0 Å². The Bertz CT molecular complexity index is 201. The van der Waals surface area contributed by atoms with E-state index in [1.807, 2.05) is 13.8 Å². The summed E-state index contributed by atoms with van der Waals surface area (Å²) in [5, 5.41) is 0. The zero-order valence-corrected chi connectivity index (χ0v) is 7.67. The Morgan fingerprint density at radius 2 is 2.08 bits per heavy atom. The summed E-state index contributed by atoms with van der Waals surface area (Å²) >= 11 is 0. The van der Waals surface area contributed by atoms with E-state index in [1.54, 1.807) is 0 Å². The minimum absolute atomic E-state index is 0.00806. The van der Waals surface area contributed by atoms with Crippen molar-refractivity contribution in [2.75, 3.05) is 6.54 Å². The highest BCUT2D eigenvalue weighted by Gasteiger charge is 2.36. The maximum atomic E-state index is 11.4. The molecule has 1 rings (SSSR count). The van der Waals surface area contributed by atoms with E-state index in [1.165, 1.54) is 4.90 Å². The van der Waals surface area contributed by atoms with Crippen LogP contribution in [0.1, 0.15) is 33.1 Å². The Hall–Kier alpha value is -0.860. The summed E-state index contributed by atoms with van der Waals surface area (Å²) in [7, 11) is 0. The van der Waals surface area contributed by atoms with Gasteiger partial charge in [0.05, 0.1) is 0 Å². The molecule has 1 atom stereocenters. The van der Waals surface area contributed by atoms with E-state index >= 15 is 0 Å². The maximum Gasteiger partial charge on any atom is 0.232 e. The molecule has 0 spiro atoms. The van der Waals surface area contributed by atoms with Gasteiger partial charge in [0.1, 0.15) is 0 Å². The molecule has 0 aromatic heterocycles. The highest BCUT2D eigenvalue weighted by molar-refractivity contribution is 6.03. The SMILES string of the molecule is CCCN1C(=O)CC(CC)C1=O. The molecular formula is C9H15NO2. The van der Waals surface area contributed by atoms with Crippen molar-refractivity contribution in [3.8, 4) is 0 Å². The first kappa shape index (κ1) is 9.23. The standard InChI is InChI=1S/C9H15NO2/c1-3-5-10-8(11)6-7(4-2)9(10)12/h7H,3-6H2,1-2H3. The molecule has 3 nitrogen and oxygen atoms in total. The normalized spacial score (nSPS) is 23.8. The van der Waals surface area contributed by atoms with Crippen LogP contribution < -0.4 is 0 Å². The van der Waals surface area contributed by atoms with E-state index in [9.17, 15) is 9.59 Å². The summed E-state index contributed by atoms with van der Waals surface area (Å²) in [5.74, 6) is 0.00194. The van der Waals surface area contributed by atoms with Gasteiger partial charge in [-0.05, 0) is 12.8 Å². The van der Waals surface area contributed by atoms with Crippen LogP contribution in [0.15, 0.2) is 0 Å². The Morgan fingerprint density at radius 3 is 2.50 bits per heavy atom. The highest BCUT2D eigenvalue weighted by atomic mass is 16.2. The van der Waals surface area contributed by atoms with Crippen molar-refractivity contribution in [2.45, 2.75) is 33.1 Å². The second-order valence-electron chi connectivity index (χ2n) is 3.19. The molecule has 0 radical (unpaired) electrons. The van der Waals surface area contributed by atoms with Crippen LogP contribution in [0.25, 0.3) is 0 Å². The smallest absolute Gasteiger partial charge is 0.232 e.